The molecule has 13 heteroatoms. The summed E-state index contributed by atoms with van der Waals surface area (Å²) < 4.78 is 16.3. The Morgan fingerprint density at radius 3 is 2.20 bits per heavy atom. The molecule has 1 atom stereocenters. The third-order valence-corrected chi connectivity index (χ3v) is 7.90. The van der Waals surface area contributed by atoms with Gasteiger partial charge in [-0.3, -0.25) is 19.7 Å². The maximum absolute atomic E-state index is 13.6. The Morgan fingerprint density at radius 2 is 1.59 bits per heavy atom. The van der Waals surface area contributed by atoms with E-state index in [4.69, 9.17) is 14.2 Å². The molecule has 3 aromatic carbocycles. The molecule has 0 radical (unpaired) electrons. The number of aromatic nitrogens is 2. The monoisotopic (exact) mass is 633 g/mol. The minimum atomic E-state index is -0.567. The number of aryl methyl sites for hydroxylation is 1. The molecule has 0 bridgehead atoms. The number of thioether (sulfide) groups is 1. The summed E-state index contributed by atoms with van der Waals surface area (Å²) in [5, 5.41) is 16.9. The fraction of sp³-hybridized carbons (Fsp3) is 0.194. The average molecular weight is 634 g/mol. The number of anilines is 2. The number of carbonyl (C=O) groups is 3. The van der Waals surface area contributed by atoms with E-state index in [2.05, 4.69) is 26.1 Å². The van der Waals surface area contributed by atoms with Gasteiger partial charge in [0.2, 0.25) is 16.8 Å². The average Bonchev–Trinajstić information content (AvgIpc) is 3.44. The maximum atomic E-state index is 13.6. The van der Waals surface area contributed by atoms with E-state index in [1.165, 1.54) is 50.5 Å². The standard InChI is InChI=1S/C31H31N5O6S2/c1-18(28(37)34-31-36-35-19(2)44-31)43-23-13-9-12-22(17-23)32-30(39)24(33-29(38)21-10-7-6-8-11-21)14-20-15-25(40-3)27(42-5)26(16-20)41-4/h6-18H,1-5H3,(H,32,39)(H,33,38)(H,34,36,37)/b24-14+. The molecule has 1 heterocycles. The number of nitrogens with one attached hydrogen (secondary N) is 3. The van der Waals surface area contributed by atoms with Gasteiger partial charge in [-0.25, -0.2) is 0 Å². The first-order valence-corrected chi connectivity index (χ1v) is 15.0. The second kappa shape index (κ2) is 15.0. The third-order valence-electron chi connectivity index (χ3n) is 6.06. The molecule has 0 aliphatic rings. The van der Waals surface area contributed by atoms with Crippen molar-refractivity contribution in [2.45, 2.75) is 24.0 Å². The number of hydrogen-bond donors (Lipinski definition) is 3. The van der Waals surface area contributed by atoms with E-state index in [1.54, 1.807) is 67.6 Å². The molecule has 1 aromatic heterocycles. The van der Waals surface area contributed by atoms with Crippen LogP contribution in [0, 0.1) is 6.92 Å². The molecule has 0 saturated heterocycles. The van der Waals surface area contributed by atoms with Crippen LogP contribution >= 0.6 is 23.1 Å². The molecule has 4 aromatic rings. The second-order valence-corrected chi connectivity index (χ2v) is 11.8. The zero-order valence-corrected chi connectivity index (χ0v) is 26.3. The fourth-order valence-corrected chi connectivity index (χ4v) is 5.47. The zero-order chi connectivity index (χ0) is 31.6. The van der Waals surface area contributed by atoms with Crippen molar-refractivity contribution in [2.24, 2.45) is 0 Å². The lowest BCUT2D eigenvalue weighted by atomic mass is 10.1. The van der Waals surface area contributed by atoms with E-state index in [1.807, 2.05) is 13.0 Å². The molecule has 4 rings (SSSR count). The van der Waals surface area contributed by atoms with Crippen molar-refractivity contribution in [1.82, 2.24) is 15.5 Å². The van der Waals surface area contributed by atoms with Gasteiger partial charge in [0.1, 0.15) is 10.7 Å². The Balaban J connectivity index is 1.57. The number of amides is 3. The Kier molecular flexibility index (Phi) is 10.9. The molecule has 0 fully saturated rings. The topological polar surface area (TPSA) is 141 Å². The summed E-state index contributed by atoms with van der Waals surface area (Å²) in [5.41, 5.74) is 1.35. The van der Waals surface area contributed by atoms with Crippen LogP contribution in [0.4, 0.5) is 10.8 Å². The molecule has 0 aliphatic carbocycles. The van der Waals surface area contributed by atoms with Crippen molar-refractivity contribution in [3.63, 3.8) is 0 Å². The largest absolute Gasteiger partial charge is 0.493 e. The van der Waals surface area contributed by atoms with Crippen molar-refractivity contribution in [3.8, 4) is 17.2 Å². The molecule has 11 nitrogen and oxygen atoms in total. The summed E-state index contributed by atoms with van der Waals surface area (Å²) in [6, 6.07) is 18.9. The predicted octanol–water partition coefficient (Wildman–Crippen LogP) is 5.40. The zero-order valence-electron chi connectivity index (χ0n) is 24.7. The Labute approximate surface area is 263 Å². The number of rotatable bonds is 12. The highest BCUT2D eigenvalue weighted by atomic mass is 32.2. The first kappa shape index (κ1) is 32.0. The molecule has 0 aliphatic heterocycles. The lowest BCUT2D eigenvalue weighted by Crippen LogP contribution is -2.30. The van der Waals surface area contributed by atoms with Gasteiger partial charge >= 0.3 is 0 Å². The number of methoxy groups -OCH3 is 3. The van der Waals surface area contributed by atoms with E-state index in [0.29, 0.717) is 39.2 Å². The summed E-state index contributed by atoms with van der Waals surface area (Å²) in [5.74, 6) is -0.0912. The highest BCUT2D eigenvalue weighted by Crippen LogP contribution is 2.38. The van der Waals surface area contributed by atoms with Gasteiger partial charge in [-0.2, -0.15) is 0 Å². The van der Waals surface area contributed by atoms with Crippen LogP contribution in [0.3, 0.4) is 0 Å². The van der Waals surface area contributed by atoms with Crippen LogP contribution in [0.5, 0.6) is 17.2 Å². The number of benzene rings is 3. The van der Waals surface area contributed by atoms with Crippen LogP contribution in [-0.2, 0) is 9.59 Å². The molecular weight excluding hydrogens is 603 g/mol. The van der Waals surface area contributed by atoms with Gasteiger partial charge < -0.3 is 24.8 Å². The number of nitrogens with zero attached hydrogens (tertiary/aromatic N) is 2. The Morgan fingerprint density at radius 1 is 0.886 bits per heavy atom. The molecule has 44 heavy (non-hydrogen) atoms. The molecule has 3 amide bonds. The Hall–Kier alpha value is -4.88. The van der Waals surface area contributed by atoms with Gasteiger partial charge in [0.05, 0.1) is 26.6 Å². The minimum Gasteiger partial charge on any atom is -0.493 e. The van der Waals surface area contributed by atoms with Crippen molar-refractivity contribution in [1.29, 1.82) is 0 Å². The first-order valence-electron chi connectivity index (χ1n) is 13.3. The summed E-state index contributed by atoms with van der Waals surface area (Å²) in [6.07, 6.45) is 1.51. The number of carbonyl (C=O) groups excluding carboxylic acids is 3. The smallest absolute Gasteiger partial charge is 0.272 e. The molecular formula is C31H31N5O6S2. The number of ether oxygens (including phenoxy) is 3. The van der Waals surface area contributed by atoms with Gasteiger partial charge in [0.15, 0.2) is 11.5 Å². The molecule has 0 spiro atoms. The third kappa shape index (κ3) is 8.36. The van der Waals surface area contributed by atoms with Gasteiger partial charge in [-0.15, -0.1) is 22.0 Å². The van der Waals surface area contributed by atoms with E-state index < -0.39 is 17.1 Å². The molecule has 3 N–H and O–H groups in total. The normalized spacial score (nSPS) is 11.7. The van der Waals surface area contributed by atoms with Crippen LogP contribution < -0.4 is 30.2 Å². The lowest BCUT2D eigenvalue weighted by Gasteiger charge is -2.15. The minimum absolute atomic E-state index is 0.0220. The number of hydrogen-bond acceptors (Lipinski definition) is 10. The second-order valence-electron chi connectivity index (χ2n) is 9.19. The van der Waals surface area contributed by atoms with Crippen LogP contribution in [0.25, 0.3) is 6.08 Å². The summed E-state index contributed by atoms with van der Waals surface area (Å²) in [6.45, 7) is 3.58. The van der Waals surface area contributed by atoms with E-state index >= 15 is 0 Å². The van der Waals surface area contributed by atoms with Crippen molar-refractivity contribution < 1.29 is 28.6 Å². The highest BCUT2D eigenvalue weighted by molar-refractivity contribution is 8.00. The van der Waals surface area contributed by atoms with Gasteiger partial charge in [-0.05, 0) is 68.0 Å². The van der Waals surface area contributed by atoms with Gasteiger partial charge in [-0.1, -0.05) is 35.6 Å². The quantitative estimate of drug-likeness (QED) is 0.138. The maximum Gasteiger partial charge on any atom is 0.272 e. The first-order chi connectivity index (χ1) is 21.2. The summed E-state index contributed by atoms with van der Waals surface area (Å²) >= 11 is 2.61. The SMILES string of the molecule is COc1cc(/C=C(/NC(=O)c2ccccc2)C(=O)Nc2cccc(SC(C)C(=O)Nc3nnc(C)s3)c2)cc(OC)c1OC. The van der Waals surface area contributed by atoms with Crippen LogP contribution in [0.1, 0.15) is 27.9 Å². The van der Waals surface area contributed by atoms with Crippen molar-refractivity contribution in [3.05, 3.63) is 88.6 Å². The molecule has 0 saturated carbocycles. The van der Waals surface area contributed by atoms with Gasteiger partial charge in [0.25, 0.3) is 11.8 Å². The highest BCUT2D eigenvalue weighted by Gasteiger charge is 2.19. The summed E-state index contributed by atoms with van der Waals surface area (Å²) in [4.78, 5) is 40.1. The van der Waals surface area contributed by atoms with Crippen LogP contribution in [-0.4, -0.2) is 54.5 Å². The fourth-order valence-electron chi connectivity index (χ4n) is 3.95. The Bertz CT molecular complexity index is 1650. The van der Waals surface area contributed by atoms with E-state index in [9.17, 15) is 14.4 Å². The van der Waals surface area contributed by atoms with Gasteiger partial charge in [0, 0.05) is 16.1 Å². The van der Waals surface area contributed by atoms with Crippen LogP contribution in [0.15, 0.2) is 77.3 Å². The van der Waals surface area contributed by atoms with E-state index in [0.717, 1.165) is 9.90 Å². The molecule has 228 valence electrons. The van der Waals surface area contributed by atoms with E-state index in [-0.39, 0.29) is 11.6 Å². The van der Waals surface area contributed by atoms with Crippen LogP contribution in [0.2, 0.25) is 0 Å². The predicted molar refractivity (Wildman–Crippen MR) is 172 cm³/mol. The summed E-state index contributed by atoms with van der Waals surface area (Å²) in [7, 11) is 4.47. The van der Waals surface area contributed by atoms with Crippen molar-refractivity contribution in [2.75, 3.05) is 32.0 Å². The van der Waals surface area contributed by atoms with Crippen molar-refractivity contribution >= 4 is 57.7 Å². The lowest BCUT2D eigenvalue weighted by molar-refractivity contribution is -0.115. The molecule has 1 unspecified atom stereocenters.